The van der Waals surface area contributed by atoms with Gasteiger partial charge in [0.1, 0.15) is 11.6 Å². The summed E-state index contributed by atoms with van der Waals surface area (Å²) in [6, 6.07) is 8.36. The van der Waals surface area contributed by atoms with Gasteiger partial charge in [-0.3, -0.25) is 4.79 Å². The molecule has 0 radical (unpaired) electrons. The Morgan fingerprint density at radius 2 is 1.78 bits per heavy atom. The van der Waals surface area contributed by atoms with E-state index in [-0.39, 0.29) is 18.0 Å². The molecule has 0 heterocycles. The van der Waals surface area contributed by atoms with Gasteiger partial charge in [-0.05, 0) is 32.3 Å². The number of carbonyl (C=O) groups excluding carboxylic acids is 1. The zero-order chi connectivity index (χ0) is 20.0. The number of halogens is 2. The van der Waals surface area contributed by atoms with Crippen LogP contribution in [0.4, 0.5) is 8.78 Å². The Labute approximate surface area is 158 Å². The first-order valence-corrected chi connectivity index (χ1v) is 8.46. The average molecular weight is 378 g/mol. The summed E-state index contributed by atoms with van der Waals surface area (Å²) in [5.74, 6) is -0.910. The van der Waals surface area contributed by atoms with Crippen LogP contribution in [-0.4, -0.2) is 57.1 Å². The number of hydrogen-bond acceptors (Lipinski definition) is 4. The molecule has 27 heavy (non-hydrogen) atoms. The molecule has 0 N–H and O–H groups in total. The zero-order valence-corrected chi connectivity index (χ0v) is 16.0. The molecule has 0 atom stereocenters. The van der Waals surface area contributed by atoms with Crippen molar-refractivity contribution in [2.24, 2.45) is 0 Å². The minimum absolute atomic E-state index is 0.0130. The molecule has 0 aromatic heterocycles. The molecule has 0 aliphatic carbocycles. The van der Waals surface area contributed by atoms with Crippen molar-refractivity contribution >= 4 is 5.91 Å². The van der Waals surface area contributed by atoms with Crippen molar-refractivity contribution in [2.45, 2.75) is 6.54 Å². The highest BCUT2D eigenvalue weighted by molar-refractivity contribution is 5.97. The summed E-state index contributed by atoms with van der Waals surface area (Å²) < 4.78 is 37.9. The fourth-order valence-corrected chi connectivity index (χ4v) is 2.65. The highest BCUT2D eigenvalue weighted by atomic mass is 19.1. The van der Waals surface area contributed by atoms with Gasteiger partial charge in [0.15, 0.2) is 11.5 Å². The number of ether oxygens (including phenoxy) is 2. The Morgan fingerprint density at radius 3 is 2.37 bits per heavy atom. The lowest BCUT2D eigenvalue weighted by atomic mass is 10.1. The number of carbonyl (C=O) groups is 1. The second-order valence-electron chi connectivity index (χ2n) is 6.31. The molecule has 0 bridgehead atoms. The maximum absolute atomic E-state index is 14.1. The van der Waals surface area contributed by atoms with Gasteiger partial charge in [-0.25, -0.2) is 8.78 Å². The zero-order valence-electron chi connectivity index (χ0n) is 16.0. The molecule has 5 nitrogen and oxygen atoms in total. The van der Waals surface area contributed by atoms with Crippen molar-refractivity contribution in [3.8, 4) is 11.5 Å². The van der Waals surface area contributed by atoms with E-state index in [4.69, 9.17) is 9.47 Å². The Hall–Kier alpha value is -2.67. The standard InChI is InChI=1S/C20H24F2N2O3/c1-23(2)10-11-24(13-14-8-9-15(21)12-17(14)22)20(25)16-6-5-7-18(26-3)19(16)27-4/h5-9,12H,10-11,13H2,1-4H3. The van der Waals surface area contributed by atoms with Gasteiger partial charge in [-0.2, -0.15) is 0 Å². The van der Waals surface area contributed by atoms with Crippen LogP contribution in [0, 0.1) is 11.6 Å². The Kier molecular flexibility index (Phi) is 7.12. The molecular weight excluding hydrogens is 354 g/mol. The monoisotopic (exact) mass is 378 g/mol. The molecule has 0 saturated carbocycles. The Bertz CT molecular complexity index is 797. The summed E-state index contributed by atoms with van der Waals surface area (Å²) in [7, 11) is 6.71. The average Bonchev–Trinajstić information content (AvgIpc) is 2.65. The normalized spacial score (nSPS) is 10.8. The smallest absolute Gasteiger partial charge is 0.258 e. The fourth-order valence-electron chi connectivity index (χ4n) is 2.65. The summed E-state index contributed by atoms with van der Waals surface area (Å²) in [5.41, 5.74) is 0.559. The summed E-state index contributed by atoms with van der Waals surface area (Å²) >= 11 is 0. The van der Waals surface area contributed by atoms with Crippen LogP contribution in [0.5, 0.6) is 11.5 Å². The Balaban J connectivity index is 2.37. The van der Waals surface area contributed by atoms with E-state index in [0.717, 1.165) is 6.07 Å². The molecule has 2 aromatic rings. The van der Waals surface area contributed by atoms with E-state index in [2.05, 4.69) is 0 Å². The lowest BCUT2D eigenvalue weighted by Gasteiger charge is -2.26. The van der Waals surface area contributed by atoms with E-state index in [9.17, 15) is 13.6 Å². The van der Waals surface area contributed by atoms with Crippen molar-refractivity contribution in [3.63, 3.8) is 0 Å². The third-order valence-corrected chi connectivity index (χ3v) is 4.11. The summed E-state index contributed by atoms with van der Waals surface area (Å²) in [5, 5.41) is 0. The molecule has 1 amide bonds. The fraction of sp³-hybridized carbons (Fsp3) is 0.350. The highest BCUT2D eigenvalue weighted by Crippen LogP contribution is 2.31. The molecule has 2 aromatic carbocycles. The largest absolute Gasteiger partial charge is 0.493 e. The number of benzene rings is 2. The molecule has 0 spiro atoms. The second kappa shape index (κ2) is 9.32. The number of likely N-dealkylation sites (N-methyl/N-ethyl adjacent to an activating group) is 1. The van der Waals surface area contributed by atoms with Crippen LogP contribution in [0.15, 0.2) is 36.4 Å². The first-order chi connectivity index (χ1) is 12.9. The van der Waals surface area contributed by atoms with E-state index in [1.807, 2.05) is 19.0 Å². The van der Waals surface area contributed by atoms with Crippen LogP contribution in [0.1, 0.15) is 15.9 Å². The quantitative estimate of drug-likeness (QED) is 0.708. The molecule has 7 heteroatoms. The van der Waals surface area contributed by atoms with Crippen LogP contribution >= 0.6 is 0 Å². The van der Waals surface area contributed by atoms with Crippen LogP contribution in [0.25, 0.3) is 0 Å². The van der Waals surface area contributed by atoms with Crippen LogP contribution < -0.4 is 9.47 Å². The lowest BCUT2D eigenvalue weighted by Crippen LogP contribution is -2.36. The number of nitrogens with zero attached hydrogens (tertiary/aromatic N) is 2. The van der Waals surface area contributed by atoms with Gasteiger partial charge in [0.25, 0.3) is 5.91 Å². The second-order valence-corrected chi connectivity index (χ2v) is 6.31. The lowest BCUT2D eigenvalue weighted by molar-refractivity contribution is 0.0726. The van der Waals surface area contributed by atoms with E-state index < -0.39 is 11.6 Å². The van der Waals surface area contributed by atoms with Crippen LogP contribution in [0.2, 0.25) is 0 Å². The Morgan fingerprint density at radius 1 is 1.04 bits per heavy atom. The van der Waals surface area contributed by atoms with Crippen molar-refractivity contribution in [2.75, 3.05) is 41.4 Å². The van der Waals surface area contributed by atoms with E-state index in [0.29, 0.717) is 30.2 Å². The van der Waals surface area contributed by atoms with E-state index in [1.54, 1.807) is 18.2 Å². The summed E-state index contributed by atoms with van der Waals surface area (Å²) in [6.07, 6.45) is 0. The van der Waals surface area contributed by atoms with Gasteiger partial charge in [-0.15, -0.1) is 0 Å². The van der Waals surface area contributed by atoms with E-state index in [1.165, 1.54) is 31.3 Å². The van der Waals surface area contributed by atoms with Gasteiger partial charge in [0.05, 0.1) is 19.8 Å². The van der Waals surface area contributed by atoms with Crippen molar-refractivity contribution in [1.82, 2.24) is 9.80 Å². The molecule has 0 unspecified atom stereocenters. The maximum atomic E-state index is 14.1. The molecular formula is C20H24F2N2O3. The molecule has 0 fully saturated rings. The predicted molar refractivity (Wildman–Crippen MR) is 99.2 cm³/mol. The molecule has 0 aliphatic rings. The highest BCUT2D eigenvalue weighted by Gasteiger charge is 2.23. The minimum Gasteiger partial charge on any atom is -0.493 e. The van der Waals surface area contributed by atoms with Gasteiger partial charge in [-0.1, -0.05) is 12.1 Å². The van der Waals surface area contributed by atoms with Crippen molar-refractivity contribution < 1.29 is 23.0 Å². The number of methoxy groups -OCH3 is 2. The number of amides is 1. The van der Waals surface area contributed by atoms with Gasteiger partial charge in [0, 0.05) is 31.3 Å². The van der Waals surface area contributed by atoms with Gasteiger partial charge < -0.3 is 19.3 Å². The summed E-state index contributed by atoms with van der Waals surface area (Å²) in [6.45, 7) is 0.961. The van der Waals surface area contributed by atoms with Crippen molar-refractivity contribution in [1.29, 1.82) is 0 Å². The van der Waals surface area contributed by atoms with E-state index >= 15 is 0 Å². The minimum atomic E-state index is -0.685. The van der Waals surface area contributed by atoms with Crippen LogP contribution in [-0.2, 0) is 6.54 Å². The number of rotatable bonds is 8. The number of para-hydroxylation sites is 1. The third kappa shape index (κ3) is 5.17. The van der Waals surface area contributed by atoms with Crippen LogP contribution in [0.3, 0.4) is 0 Å². The first kappa shape index (κ1) is 20.6. The predicted octanol–water partition coefficient (Wildman–Crippen LogP) is 3.19. The molecule has 0 saturated heterocycles. The van der Waals surface area contributed by atoms with Crippen molar-refractivity contribution in [3.05, 3.63) is 59.2 Å². The van der Waals surface area contributed by atoms with Gasteiger partial charge >= 0.3 is 0 Å². The first-order valence-electron chi connectivity index (χ1n) is 8.46. The molecule has 0 aliphatic heterocycles. The third-order valence-electron chi connectivity index (χ3n) is 4.11. The topological polar surface area (TPSA) is 42.0 Å². The van der Waals surface area contributed by atoms with Gasteiger partial charge in [0.2, 0.25) is 0 Å². The number of hydrogen-bond donors (Lipinski definition) is 0. The maximum Gasteiger partial charge on any atom is 0.258 e. The molecule has 146 valence electrons. The molecule has 2 rings (SSSR count). The summed E-state index contributed by atoms with van der Waals surface area (Å²) in [4.78, 5) is 16.6. The SMILES string of the molecule is COc1cccc(C(=O)N(CCN(C)C)Cc2ccc(F)cc2F)c1OC.